The second kappa shape index (κ2) is 5.11. The molecule has 0 aromatic heterocycles. The molecule has 1 unspecified atom stereocenters. The van der Waals surface area contributed by atoms with E-state index in [4.69, 9.17) is 5.73 Å². The lowest BCUT2D eigenvalue weighted by Gasteiger charge is -2.17. The molecule has 0 radical (unpaired) electrons. The third kappa shape index (κ3) is 3.51. The van der Waals surface area contributed by atoms with E-state index < -0.39 is 0 Å². The molecule has 2 amide bonds. The largest absolute Gasteiger partial charge is 0.369 e. The highest BCUT2D eigenvalue weighted by molar-refractivity contribution is 5.88. The van der Waals surface area contributed by atoms with Crippen LogP contribution in [0.4, 0.5) is 0 Å². The summed E-state index contributed by atoms with van der Waals surface area (Å²) in [4.78, 5) is 26.2. The van der Waals surface area contributed by atoms with Gasteiger partial charge in [0.2, 0.25) is 11.8 Å². The standard InChI is InChI=1S/C10H19N3O2/c1-12(2)4-3-5-13-7-8(10(11)15)6-9(13)14/h8H,3-7H2,1-2H3,(H2,11,15). The molecule has 0 aromatic rings. The van der Waals surface area contributed by atoms with Gasteiger partial charge in [-0.2, -0.15) is 0 Å². The van der Waals surface area contributed by atoms with E-state index in [1.54, 1.807) is 4.90 Å². The number of nitrogens with zero attached hydrogens (tertiary/aromatic N) is 2. The van der Waals surface area contributed by atoms with Crippen molar-refractivity contribution in [1.29, 1.82) is 0 Å². The van der Waals surface area contributed by atoms with Gasteiger partial charge in [0, 0.05) is 19.5 Å². The van der Waals surface area contributed by atoms with Crippen LogP contribution in [-0.4, -0.2) is 55.3 Å². The number of amides is 2. The monoisotopic (exact) mass is 213 g/mol. The molecule has 86 valence electrons. The average molecular weight is 213 g/mol. The van der Waals surface area contributed by atoms with Gasteiger partial charge in [-0.05, 0) is 27.1 Å². The molecule has 0 bridgehead atoms. The predicted octanol–water partition coefficient (Wildman–Crippen LogP) is -0.728. The molecule has 1 saturated heterocycles. The van der Waals surface area contributed by atoms with Crippen molar-refractivity contribution < 1.29 is 9.59 Å². The van der Waals surface area contributed by atoms with Crippen LogP contribution in [0.2, 0.25) is 0 Å². The van der Waals surface area contributed by atoms with E-state index in [9.17, 15) is 9.59 Å². The minimum absolute atomic E-state index is 0.0533. The van der Waals surface area contributed by atoms with Crippen LogP contribution in [0.5, 0.6) is 0 Å². The summed E-state index contributed by atoms with van der Waals surface area (Å²) in [6.45, 7) is 2.17. The van der Waals surface area contributed by atoms with E-state index in [1.165, 1.54) is 0 Å². The van der Waals surface area contributed by atoms with Crippen molar-refractivity contribution >= 4 is 11.8 Å². The van der Waals surface area contributed by atoms with Gasteiger partial charge in [0.05, 0.1) is 5.92 Å². The van der Waals surface area contributed by atoms with Crippen molar-refractivity contribution in [1.82, 2.24) is 9.80 Å². The number of hydrogen-bond acceptors (Lipinski definition) is 3. The van der Waals surface area contributed by atoms with Crippen LogP contribution in [0.15, 0.2) is 0 Å². The molecule has 1 fully saturated rings. The van der Waals surface area contributed by atoms with Gasteiger partial charge in [0.15, 0.2) is 0 Å². The number of hydrogen-bond donors (Lipinski definition) is 1. The predicted molar refractivity (Wildman–Crippen MR) is 57.1 cm³/mol. The fraction of sp³-hybridized carbons (Fsp3) is 0.800. The number of primary amides is 1. The molecule has 1 heterocycles. The zero-order valence-corrected chi connectivity index (χ0v) is 9.40. The summed E-state index contributed by atoms with van der Waals surface area (Å²) in [7, 11) is 4.00. The van der Waals surface area contributed by atoms with Gasteiger partial charge in [-0.15, -0.1) is 0 Å². The smallest absolute Gasteiger partial charge is 0.223 e. The van der Waals surface area contributed by atoms with E-state index >= 15 is 0 Å². The van der Waals surface area contributed by atoms with E-state index in [2.05, 4.69) is 4.90 Å². The Kier molecular flexibility index (Phi) is 4.08. The number of rotatable bonds is 5. The third-order valence-electron chi connectivity index (χ3n) is 2.65. The fourth-order valence-electron chi connectivity index (χ4n) is 1.76. The summed E-state index contributed by atoms with van der Waals surface area (Å²) >= 11 is 0. The van der Waals surface area contributed by atoms with Crippen LogP contribution < -0.4 is 5.73 Å². The van der Waals surface area contributed by atoms with Gasteiger partial charge in [-0.1, -0.05) is 0 Å². The zero-order valence-electron chi connectivity index (χ0n) is 9.40. The van der Waals surface area contributed by atoms with Crippen LogP contribution in [0.3, 0.4) is 0 Å². The van der Waals surface area contributed by atoms with Gasteiger partial charge < -0.3 is 15.5 Å². The molecule has 1 atom stereocenters. The molecule has 5 heteroatoms. The summed E-state index contributed by atoms with van der Waals surface area (Å²) in [5.74, 6) is -0.590. The lowest BCUT2D eigenvalue weighted by atomic mass is 10.1. The first-order chi connectivity index (χ1) is 7.00. The highest BCUT2D eigenvalue weighted by Crippen LogP contribution is 2.17. The van der Waals surface area contributed by atoms with Gasteiger partial charge in [0.1, 0.15) is 0 Å². The van der Waals surface area contributed by atoms with Crippen molar-refractivity contribution in [2.24, 2.45) is 11.7 Å². The average Bonchev–Trinajstić information content (AvgIpc) is 2.47. The maximum atomic E-state index is 11.5. The van der Waals surface area contributed by atoms with E-state index in [-0.39, 0.29) is 24.2 Å². The molecule has 0 spiro atoms. The van der Waals surface area contributed by atoms with Crippen LogP contribution in [0.25, 0.3) is 0 Å². The maximum Gasteiger partial charge on any atom is 0.223 e. The number of carbonyl (C=O) groups is 2. The maximum absolute atomic E-state index is 11.5. The van der Waals surface area contributed by atoms with Gasteiger partial charge in [0.25, 0.3) is 0 Å². The van der Waals surface area contributed by atoms with Crippen molar-refractivity contribution in [3.63, 3.8) is 0 Å². The molecular formula is C10H19N3O2. The van der Waals surface area contributed by atoms with E-state index in [1.807, 2.05) is 14.1 Å². The fourth-order valence-corrected chi connectivity index (χ4v) is 1.76. The van der Waals surface area contributed by atoms with Crippen LogP contribution >= 0.6 is 0 Å². The molecule has 5 nitrogen and oxygen atoms in total. The second-order valence-electron chi connectivity index (χ2n) is 4.30. The first-order valence-corrected chi connectivity index (χ1v) is 5.22. The molecule has 1 aliphatic heterocycles. The molecule has 2 N–H and O–H groups in total. The van der Waals surface area contributed by atoms with E-state index in [0.29, 0.717) is 6.54 Å². The van der Waals surface area contributed by atoms with Crippen molar-refractivity contribution in [2.45, 2.75) is 12.8 Å². The summed E-state index contributed by atoms with van der Waals surface area (Å²) in [5.41, 5.74) is 5.17. The third-order valence-corrected chi connectivity index (χ3v) is 2.65. The molecule has 0 aliphatic carbocycles. The minimum Gasteiger partial charge on any atom is -0.369 e. The number of likely N-dealkylation sites (tertiary alicyclic amines) is 1. The molecule has 1 rings (SSSR count). The summed E-state index contributed by atoms with van der Waals surface area (Å²) in [5, 5.41) is 0. The molecule has 0 aromatic carbocycles. The Morgan fingerprint density at radius 3 is 2.73 bits per heavy atom. The molecular weight excluding hydrogens is 194 g/mol. The van der Waals surface area contributed by atoms with Gasteiger partial charge >= 0.3 is 0 Å². The van der Waals surface area contributed by atoms with Gasteiger partial charge in [-0.25, -0.2) is 0 Å². The van der Waals surface area contributed by atoms with E-state index in [0.717, 1.165) is 19.5 Å². The quantitative estimate of drug-likeness (QED) is 0.655. The Balaban J connectivity index is 2.31. The first kappa shape index (κ1) is 12.0. The normalized spacial score (nSPS) is 21.4. The Morgan fingerprint density at radius 1 is 1.60 bits per heavy atom. The number of carbonyl (C=O) groups excluding carboxylic acids is 2. The molecule has 15 heavy (non-hydrogen) atoms. The lowest BCUT2D eigenvalue weighted by Crippen LogP contribution is -2.30. The topological polar surface area (TPSA) is 66.6 Å². The Morgan fingerprint density at radius 2 is 2.27 bits per heavy atom. The van der Waals surface area contributed by atoms with Crippen LogP contribution in [0.1, 0.15) is 12.8 Å². The molecule has 1 aliphatic rings. The zero-order chi connectivity index (χ0) is 11.4. The highest BCUT2D eigenvalue weighted by atomic mass is 16.2. The van der Waals surface area contributed by atoms with Crippen LogP contribution in [0, 0.1) is 5.92 Å². The summed E-state index contributed by atoms with van der Waals surface area (Å²) < 4.78 is 0. The Hall–Kier alpha value is -1.10. The first-order valence-electron chi connectivity index (χ1n) is 5.22. The SMILES string of the molecule is CN(C)CCCN1CC(C(N)=O)CC1=O. The minimum atomic E-state index is -0.363. The van der Waals surface area contributed by atoms with Crippen molar-refractivity contribution in [2.75, 3.05) is 33.7 Å². The Bertz CT molecular complexity index is 253. The second-order valence-corrected chi connectivity index (χ2v) is 4.30. The lowest BCUT2D eigenvalue weighted by molar-refractivity contribution is -0.128. The summed E-state index contributed by atoms with van der Waals surface area (Å²) in [6, 6.07) is 0. The number of nitrogens with two attached hydrogens (primary N) is 1. The molecule has 0 saturated carbocycles. The van der Waals surface area contributed by atoms with Crippen molar-refractivity contribution in [3.8, 4) is 0 Å². The summed E-state index contributed by atoms with van der Waals surface area (Å²) in [6.07, 6.45) is 1.22. The Labute approximate surface area is 90.2 Å². The van der Waals surface area contributed by atoms with Crippen LogP contribution in [-0.2, 0) is 9.59 Å². The highest BCUT2D eigenvalue weighted by Gasteiger charge is 2.32. The van der Waals surface area contributed by atoms with Gasteiger partial charge in [-0.3, -0.25) is 9.59 Å². The van der Waals surface area contributed by atoms with Crippen molar-refractivity contribution in [3.05, 3.63) is 0 Å².